The first kappa shape index (κ1) is 11.9. The van der Waals surface area contributed by atoms with Crippen molar-refractivity contribution in [2.45, 2.75) is 52.2 Å². The van der Waals surface area contributed by atoms with E-state index in [4.69, 9.17) is 4.74 Å². The summed E-state index contributed by atoms with van der Waals surface area (Å²) in [6, 6.07) is 0. The van der Waals surface area contributed by atoms with Crippen molar-refractivity contribution in [1.82, 2.24) is 0 Å². The fraction of sp³-hybridized carbons (Fsp3) is 1.00. The highest BCUT2D eigenvalue weighted by atomic mass is 16.5. The summed E-state index contributed by atoms with van der Waals surface area (Å²) >= 11 is 0. The van der Waals surface area contributed by atoms with Crippen molar-refractivity contribution in [2.75, 3.05) is 7.11 Å². The van der Waals surface area contributed by atoms with Gasteiger partial charge in [0.05, 0.1) is 11.2 Å². The van der Waals surface area contributed by atoms with Gasteiger partial charge in [0.2, 0.25) is 0 Å². The van der Waals surface area contributed by atoms with Crippen LogP contribution in [0.5, 0.6) is 0 Å². The molecule has 0 aliphatic heterocycles. The van der Waals surface area contributed by atoms with E-state index >= 15 is 0 Å². The number of methoxy groups -OCH3 is 1. The van der Waals surface area contributed by atoms with Crippen LogP contribution in [0, 0.1) is 5.92 Å². The van der Waals surface area contributed by atoms with Crippen LogP contribution >= 0.6 is 0 Å². The molecule has 74 valence electrons. The van der Waals surface area contributed by atoms with E-state index in [1.54, 1.807) is 21.0 Å². The quantitative estimate of drug-likeness (QED) is 0.708. The lowest BCUT2D eigenvalue weighted by molar-refractivity contribution is -0.178. The molecule has 0 aromatic carbocycles. The predicted molar refractivity (Wildman–Crippen MR) is 51.2 cm³/mol. The highest BCUT2D eigenvalue weighted by Gasteiger charge is 2.45. The van der Waals surface area contributed by atoms with Gasteiger partial charge in [0.15, 0.2) is 0 Å². The third kappa shape index (κ3) is 1.80. The Kier molecular flexibility index (Phi) is 3.73. The minimum atomic E-state index is -0.787. The molecule has 0 unspecified atom stereocenters. The average molecular weight is 174 g/mol. The minimum absolute atomic E-state index is 0.312. The van der Waals surface area contributed by atoms with E-state index in [-0.39, 0.29) is 0 Å². The number of hydrogen-bond acceptors (Lipinski definition) is 2. The van der Waals surface area contributed by atoms with E-state index in [9.17, 15) is 5.11 Å². The lowest BCUT2D eigenvalue weighted by Gasteiger charge is -2.45. The number of hydrogen-bond donors (Lipinski definition) is 1. The molecule has 0 saturated carbocycles. The molecule has 0 bridgehead atoms. The highest BCUT2D eigenvalue weighted by Crippen LogP contribution is 2.35. The first-order chi connectivity index (χ1) is 5.31. The van der Waals surface area contributed by atoms with Crippen LogP contribution < -0.4 is 0 Å². The predicted octanol–water partition coefficient (Wildman–Crippen LogP) is 2.21. The van der Waals surface area contributed by atoms with E-state index in [2.05, 4.69) is 13.8 Å². The maximum absolute atomic E-state index is 9.97. The summed E-state index contributed by atoms with van der Waals surface area (Å²) in [4.78, 5) is 0. The molecule has 1 N–H and O–H groups in total. The maximum Gasteiger partial charge on any atom is 0.0978 e. The van der Waals surface area contributed by atoms with E-state index in [0.717, 1.165) is 6.42 Å². The van der Waals surface area contributed by atoms with Crippen molar-refractivity contribution in [2.24, 2.45) is 5.92 Å². The number of rotatable bonds is 4. The molecular formula is C10H22O2. The average Bonchev–Trinajstić information content (AvgIpc) is 1.87. The molecule has 0 aromatic rings. The molecule has 12 heavy (non-hydrogen) atoms. The van der Waals surface area contributed by atoms with E-state index < -0.39 is 11.2 Å². The normalized spacial score (nSPS) is 18.0. The number of ether oxygens (including phenoxy) is 1. The van der Waals surface area contributed by atoms with Gasteiger partial charge in [-0.1, -0.05) is 20.8 Å². The van der Waals surface area contributed by atoms with E-state index in [1.165, 1.54) is 0 Å². The lowest BCUT2D eigenvalue weighted by Crippen LogP contribution is -2.54. The Morgan fingerprint density at radius 1 is 1.33 bits per heavy atom. The van der Waals surface area contributed by atoms with Crippen LogP contribution in [0.2, 0.25) is 0 Å². The van der Waals surface area contributed by atoms with Gasteiger partial charge in [0.25, 0.3) is 0 Å². The van der Waals surface area contributed by atoms with Crippen molar-refractivity contribution in [1.29, 1.82) is 0 Å². The van der Waals surface area contributed by atoms with Crippen LogP contribution in [0.25, 0.3) is 0 Å². The molecule has 2 nitrogen and oxygen atoms in total. The Labute approximate surface area is 75.9 Å². The summed E-state index contributed by atoms with van der Waals surface area (Å²) in [6.45, 7) is 9.80. The Hall–Kier alpha value is -0.0800. The van der Waals surface area contributed by atoms with Crippen molar-refractivity contribution in [3.8, 4) is 0 Å². The third-order valence-electron chi connectivity index (χ3n) is 2.86. The van der Waals surface area contributed by atoms with Crippen molar-refractivity contribution in [3.05, 3.63) is 0 Å². The van der Waals surface area contributed by atoms with Crippen LogP contribution in [0.3, 0.4) is 0 Å². The molecule has 0 rings (SSSR count). The monoisotopic (exact) mass is 174 g/mol. The molecule has 0 amide bonds. The molecule has 0 aromatic heterocycles. The van der Waals surface area contributed by atoms with Gasteiger partial charge in [-0.25, -0.2) is 0 Å². The zero-order chi connectivity index (χ0) is 9.99. The van der Waals surface area contributed by atoms with Crippen LogP contribution in [-0.2, 0) is 4.74 Å². The largest absolute Gasteiger partial charge is 0.387 e. The Balaban J connectivity index is 4.83. The second kappa shape index (κ2) is 3.75. The fourth-order valence-corrected chi connectivity index (χ4v) is 2.18. The molecule has 0 fully saturated rings. The first-order valence-electron chi connectivity index (χ1n) is 4.59. The molecule has 1 atom stereocenters. The van der Waals surface area contributed by atoms with E-state index in [0.29, 0.717) is 5.92 Å². The zero-order valence-electron chi connectivity index (χ0n) is 9.14. The molecule has 0 heterocycles. The van der Waals surface area contributed by atoms with Gasteiger partial charge in [-0.15, -0.1) is 0 Å². The molecule has 0 aliphatic rings. The molecular weight excluding hydrogens is 152 g/mol. The van der Waals surface area contributed by atoms with Crippen molar-refractivity contribution >= 4 is 0 Å². The Morgan fingerprint density at radius 3 is 1.75 bits per heavy atom. The van der Waals surface area contributed by atoms with Gasteiger partial charge >= 0.3 is 0 Å². The van der Waals surface area contributed by atoms with Gasteiger partial charge in [-0.3, -0.25) is 0 Å². The van der Waals surface area contributed by atoms with Gasteiger partial charge in [-0.2, -0.15) is 0 Å². The standard InChI is InChI=1S/C10H22O2/c1-7-10(12-6,8(2)3)9(4,5)11/h8,11H,7H2,1-6H3/t10-/m1/s1. The molecule has 0 spiro atoms. The van der Waals surface area contributed by atoms with Gasteiger partial charge < -0.3 is 9.84 Å². The highest BCUT2D eigenvalue weighted by molar-refractivity contribution is 4.96. The Morgan fingerprint density at radius 2 is 1.75 bits per heavy atom. The minimum Gasteiger partial charge on any atom is -0.387 e. The summed E-state index contributed by atoms with van der Waals surface area (Å²) in [5.41, 5.74) is -1.21. The zero-order valence-corrected chi connectivity index (χ0v) is 9.14. The summed E-state index contributed by atoms with van der Waals surface area (Å²) < 4.78 is 5.46. The third-order valence-corrected chi connectivity index (χ3v) is 2.86. The molecule has 2 heteroatoms. The van der Waals surface area contributed by atoms with Gasteiger partial charge in [0.1, 0.15) is 0 Å². The second-order valence-corrected chi connectivity index (χ2v) is 4.16. The van der Waals surface area contributed by atoms with E-state index in [1.807, 2.05) is 6.92 Å². The van der Waals surface area contributed by atoms with Crippen LogP contribution in [0.4, 0.5) is 0 Å². The van der Waals surface area contributed by atoms with Gasteiger partial charge in [-0.05, 0) is 26.2 Å². The van der Waals surface area contributed by atoms with Crippen molar-refractivity contribution < 1.29 is 9.84 Å². The van der Waals surface area contributed by atoms with Crippen LogP contribution in [0.1, 0.15) is 41.0 Å². The summed E-state index contributed by atoms with van der Waals surface area (Å²) in [5, 5.41) is 9.97. The summed E-state index contributed by atoms with van der Waals surface area (Å²) in [5.74, 6) is 0.312. The number of aliphatic hydroxyl groups is 1. The first-order valence-corrected chi connectivity index (χ1v) is 4.59. The summed E-state index contributed by atoms with van der Waals surface area (Å²) in [6.07, 6.45) is 0.824. The molecule has 0 radical (unpaired) electrons. The van der Waals surface area contributed by atoms with Crippen LogP contribution in [-0.4, -0.2) is 23.4 Å². The lowest BCUT2D eigenvalue weighted by atomic mass is 9.75. The van der Waals surface area contributed by atoms with Crippen LogP contribution in [0.15, 0.2) is 0 Å². The topological polar surface area (TPSA) is 29.5 Å². The SMILES string of the molecule is CC[C@@](OC)(C(C)C)C(C)(C)O. The summed E-state index contributed by atoms with van der Waals surface area (Å²) in [7, 11) is 1.67. The Bertz CT molecular complexity index is 129. The molecule has 0 saturated heterocycles. The van der Waals surface area contributed by atoms with Gasteiger partial charge in [0, 0.05) is 7.11 Å². The maximum atomic E-state index is 9.97. The smallest absolute Gasteiger partial charge is 0.0978 e. The molecule has 0 aliphatic carbocycles. The fourth-order valence-electron chi connectivity index (χ4n) is 2.18. The second-order valence-electron chi connectivity index (χ2n) is 4.16. The van der Waals surface area contributed by atoms with Crippen molar-refractivity contribution in [3.63, 3.8) is 0 Å².